The Balaban J connectivity index is 1.47. The van der Waals surface area contributed by atoms with Crippen molar-refractivity contribution in [1.29, 1.82) is 0 Å². The second-order valence-corrected chi connectivity index (χ2v) is 7.31. The number of phenols is 1. The van der Waals surface area contributed by atoms with Gasteiger partial charge in [0.25, 0.3) is 5.91 Å². The molecule has 1 fully saturated rings. The van der Waals surface area contributed by atoms with Crippen molar-refractivity contribution in [3.8, 4) is 17.2 Å². The van der Waals surface area contributed by atoms with Gasteiger partial charge in [-0.3, -0.25) is 4.79 Å². The van der Waals surface area contributed by atoms with Crippen molar-refractivity contribution >= 4 is 11.6 Å². The van der Waals surface area contributed by atoms with Crippen LogP contribution in [0.3, 0.4) is 0 Å². The summed E-state index contributed by atoms with van der Waals surface area (Å²) in [7, 11) is 1.61. The Morgan fingerprint density at radius 2 is 2.11 bits per heavy atom. The Hall–Kier alpha value is -2.73. The van der Waals surface area contributed by atoms with E-state index >= 15 is 0 Å². The molecule has 2 aliphatic rings. The van der Waals surface area contributed by atoms with Crippen LogP contribution in [-0.4, -0.2) is 43.9 Å². The number of carbonyl (C=O) groups excluding carboxylic acids is 1. The Morgan fingerprint density at radius 3 is 2.89 bits per heavy atom. The summed E-state index contributed by atoms with van der Waals surface area (Å²) < 4.78 is 11.4. The average Bonchev–Trinajstić information content (AvgIpc) is 3.22. The summed E-state index contributed by atoms with van der Waals surface area (Å²) in [6.07, 6.45) is 4.11. The molecule has 2 N–H and O–H groups in total. The summed E-state index contributed by atoms with van der Waals surface area (Å²) in [6.45, 7) is 2.29. The van der Waals surface area contributed by atoms with Gasteiger partial charge in [0.15, 0.2) is 11.5 Å². The first-order chi connectivity index (χ1) is 13.7. The number of phenolic OH excluding ortho intramolecular Hbond substituents is 1. The zero-order chi connectivity index (χ0) is 19.5. The van der Waals surface area contributed by atoms with Crippen molar-refractivity contribution in [1.82, 2.24) is 5.32 Å². The number of rotatable bonds is 6. The van der Waals surface area contributed by atoms with Crippen LogP contribution in [0.15, 0.2) is 36.4 Å². The summed E-state index contributed by atoms with van der Waals surface area (Å²) in [5.41, 5.74) is 2.30. The first-order valence-corrected chi connectivity index (χ1v) is 9.83. The number of carbonyl (C=O) groups is 1. The fraction of sp³-hybridized carbons (Fsp3) is 0.409. The molecule has 0 radical (unpaired) electrons. The molecule has 2 aromatic rings. The molecule has 0 aliphatic carbocycles. The summed E-state index contributed by atoms with van der Waals surface area (Å²) in [5, 5.41) is 13.1. The van der Waals surface area contributed by atoms with Crippen molar-refractivity contribution in [2.45, 2.75) is 31.7 Å². The molecule has 1 saturated heterocycles. The summed E-state index contributed by atoms with van der Waals surface area (Å²) in [6, 6.07) is 11.1. The third-order valence-electron chi connectivity index (χ3n) is 5.51. The topological polar surface area (TPSA) is 71.0 Å². The van der Waals surface area contributed by atoms with Crippen LogP contribution in [0.4, 0.5) is 5.69 Å². The van der Waals surface area contributed by atoms with E-state index in [1.807, 2.05) is 18.2 Å². The van der Waals surface area contributed by atoms with Gasteiger partial charge in [-0.1, -0.05) is 0 Å². The number of hydrogen-bond acceptors (Lipinski definition) is 5. The lowest BCUT2D eigenvalue weighted by atomic mass is 9.98. The van der Waals surface area contributed by atoms with Gasteiger partial charge in [-0.05, 0) is 68.1 Å². The lowest BCUT2D eigenvalue weighted by Crippen LogP contribution is -2.37. The minimum absolute atomic E-state index is 0.0655. The predicted molar refractivity (Wildman–Crippen MR) is 108 cm³/mol. The molecule has 6 nitrogen and oxygen atoms in total. The molecule has 1 unspecified atom stereocenters. The Kier molecular flexibility index (Phi) is 5.39. The molecule has 6 heteroatoms. The number of anilines is 1. The van der Waals surface area contributed by atoms with Crippen LogP contribution in [-0.2, 0) is 6.42 Å². The van der Waals surface area contributed by atoms with Gasteiger partial charge < -0.3 is 24.8 Å². The molecule has 0 bridgehead atoms. The molecule has 2 aliphatic heterocycles. The van der Waals surface area contributed by atoms with Crippen LogP contribution in [0.25, 0.3) is 0 Å². The van der Waals surface area contributed by atoms with Gasteiger partial charge in [-0.25, -0.2) is 0 Å². The summed E-state index contributed by atoms with van der Waals surface area (Å²) in [4.78, 5) is 14.6. The number of benzene rings is 2. The molecule has 0 spiro atoms. The normalized spacial score (nSPS) is 18.8. The Labute approximate surface area is 165 Å². The molecule has 0 saturated carbocycles. The van der Waals surface area contributed by atoms with Gasteiger partial charge in [-0.15, -0.1) is 0 Å². The third kappa shape index (κ3) is 3.78. The van der Waals surface area contributed by atoms with Crippen LogP contribution in [0.2, 0.25) is 0 Å². The van der Waals surface area contributed by atoms with Crippen LogP contribution in [0, 0.1) is 0 Å². The smallest absolute Gasteiger partial charge is 0.258 e. The number of amides is 1. The van der Waals surface area contributed by atoms with Gasteiger partial charge in [0.2, 0.25) is 0 Å². The van der Waals surface area contributed by atoms with E-state index < -0.39 is 0 Å². The quantitative estimate of drug-likeness (QED) is 0.803. The van der Waals surface area contributed by atoms with Crippen molar-refractivity contribution in [2.75, 3.05) is 31.7 Å². The average molecular weight is 382 g/mol. The zero-order valence-electron chi connectivity index (χ0n) is 16.1. The molecule has 2 heterocycles. The molecule has 1 atom stereocenters. The van der Waals surface area contributed by atoms with Crippen molar-refractivity contribution < 1.29 is 19.4 Å². The SMILES string of the molecule is COc1cc(N2CCc3cc(O)ccc3C2=O)ccc1OCCC1CCCN1. The van der Waals surface area contributed by atoms with Crippen LogP contribution in [0.1, 0.15) is 35.2 Å². The second kappa shape index (κ2) is 8.10. The zero-order valence-corrected chi connectivity index (χ0v) is 16.1. The van der Waals surface area contributed by atoms with E-state index in [1.165, 1.54) is 12.8 Å². The molecule has 4 rings (SSSR count). The van der Waals surface area contributed by atoms with Gasteiger partial charge in [0.1, 0.15) is 5.75 Å². The highest BCUT2D eigenvalue weighted by Crippen LogP contribution is 2.34. The van der Waals surface area contributed by atoms with Crippen LogP contribution in [0.5, 0.6) is 17.2 Å². The number of fused-ring (bicyclic) bond motifs is 1. The highest BCUT2D eigenvalue weighted by atomic mass is 16.5. The standard InChI is InChI=1S/C22H26N2O4/c1-27-21-14-17(4-7-20(21)28-12-9-16-3-2-10-23-16)24-11-8-15-13-18(25)5-6-19(15)22(24)26/h4-7,13-14,16,23,25H,2-3,8-12H2,1H3. The number of nitrogens with zero attached hydrogens (tertiary/aromatic N) is 1. The minimum atomic E-state index is -0.0655. The molecule has 148 valence electrons. The highest BCUT2D eigenvalue weighted by Gasteiger charge is 2.26. The predicted octanol–water partition coefficient (Wildman–Crippen LogP) is 3.12. The first kappa shape index (κ1) is 18.6. The number of hydrogen-bond donors (Lipinski definition) is 2. The van der Waals surface area contributed by atoms with E-state index in [-0.39, 0.29) is 11.7 Å². The molecular weight excluding hydrogens is 356 g/mol. The Bertz CT molecular complexity index is 862. The summed E-state index contributed by atoms with van der Waals surface area (Å²) >= 11 is 0. The monoisotopic (exact) mass is 382 g/mol. The van der Waals surface area contributed by atoms with Gasteiger partial charge >= 0.3 is 0 Å². The maximum atomic E-state index is 12.9. The minimum Gasteiger partial charge on any atom is -0.508 e. The lowest BCUT2D eigenvalue weighted by Gasteiger charge is -2.29. The number of ether oxygens (including phenoxy) is 2. The molecule has 1 amide bonds. The summed E-state index contributed by atoms with van der Waals surface area (Å²) in [5.74, 6) is 1.44. The molecule has 2 aromatic carbocycles. The molecule has 0 aromatic heterocycles. The fourth-order valence-corrected chi connectivity index (χ4v) is 3.98. The van der Waals surface area contributed by atoms with E-state index in [4.69, 9.17) is 9.47 Å². The van der Waals surface area contributed by atoms with Gasteiger partial charge in [0, 0.05) is 29.9 Å². The number of methoxy groups -OCH3 is 1. The highest BCUT2D eigenvalue weighted by molar-refractivity contribution is 6.08. The van der Waals surface area contributed by atoms with Gasteiger partial charge in [-0.2, -0.15) is 0 Å². The van der Waals surface area contributed by atoms with Crippen LogP contribution < -0.4 is 19.7 Å². The van der Waals surface area contributed by atoms with E-state index in [0.29, 0.717) is 42.7 Å². The maximum Gasteiger partial charge on any atom is 0.258 e. The molecule has 28 heavy (non-hydrogen) atoms. The number of nitrogens with one attached hydrogen (secondary N) is 1. The fourth-order valence-electron chi connectivity index (χ4n) is 3.98. The lowest BCUT2D eigenvalue weighted by molar-refractivity contribution is 0.0980. The van der Waals surface area contributed by atoms with Crippen molar-refractivity contribution in [3.05, 3.63) is 47.5 Å². The van der Waals surface area contributed by atoms with E-state index in [1.54, 1.807) is 30.2 Å². The van der Waals surface area contributed by atoms with E-state index in [2.05, 4.69) is 5.32 Å². The largest absolute Gasteiger partial charge is 0.508 e. The van der Waals surface area contributed by atoms with Crippen molar-refractivity contribution in [3.63, 3.8) is 0 Å². The van der Waals surface area contributed by atoms with Crippen LogP contribution >= 0.6 is 0 Å². The Morgan fingerprint density at radius 1 is 1.21 bits per heavy atom. The maximum absolute atomic E-state index is 12.9. The van der Waals surface area contributed by atoms with E-state index in [9.17, 15) is 9.90 Å². The first-order valence-electron chi connectivity index (χ1n) is 9.83. The van der Waals surface area contributed by atoms with Gasteiger partial charge in [0.05, 0.1) is 13.7 Å². The third-order valence-corrected chi connectivity index (χ3v) is 5.51. The van der Waals surface area contributed by atoms with E-state index in [0.717, 1.165) is 24.2 Å². The number of aromatic hydroxyl groups is 1. The van der Waals surface area contributed by atoms with Crippen molar-refractivity contribution in [2.24, 2.45) is 0 Å². The second-order valence-electron chi connectivity index (χ2n) is 7.31. The molecular formula is C22H26N2O4.